The van der Waals surface area contributed by atoms with Gasteiger partial charge in [0.1, 0.15) is 5.82 Å². The molecule has 1 amide bonds. The number of hydrogen-bond acceptors (Lipinski definition) is 3. The molecule has 1 aromatic rings. The maximum absolute atomic E-state index is 13.5. The van der Waals surface area contributed by atoms with E-state index < -0.39 is 29.4 Å². The van der Waals surface area contributed by atoms with E-state index in [1.165, 1.54) is 6.92 Å². The van der Waals surface area contributed by atoms with E-state index in [0.717, 1.165) is 11.0 Å². The van der Waals surface area contributed by atoms with Gasteiger partial charge in [0.05, 0.1) is 23.9 Å². The Bertz CT molecular complexity index is 514. The number of β-amino-alcohol motifs (C(OH)–C–C–N with tert-alkyl or cyclic N) is 1. The number of anilines is 1. The Morgan fingerprint density at radius 1 is 1.35 bits per heavy atom. The number of aliphatic hydroxyl groups is 1. The van der Waals surface area contributed by atoms with Crippen molar-refractivity contribution in [2.45, 2.75) is 13.0 Å². The van der Waals surface area contributed by atoms with E-state index in [1.807, 2.05) is 0 Å². The van der Waals surface area contributed by atoms with Gasteiger partial charge >= 0.3 is 0 Å². The van der Waals surface area contributed by atoms with Crippen LogP contribution in [0.25, 0.3) is 0 Å². The Morgan fingerprint density at radius 3 is 2.59 bits per heavy atom. The second-order valence-electron chi connectivity index (χ2n) is 3.88. The van der Waals surface area contributed by atoms with Crippen molar-refractivity contribution in [1.29, 1.82) is 0 Å². The molecule has 0 saturated heterocycles. The molecule has 0 radical (unpaired) electrons. The third-order valence-electron chi connectivity index (χ3n) is 2.43. The van der Waals surface area contributed by atoms with Gasteiger partial charge in [0.2, 0.25) is 0 Å². The monoisotopic (exact) mass is 241 g/mol. The molecule has 0 bridgehead atoms. The number of hydrogen-bond donors (Lipinski definition) is 1. The van der Waals surface area contributed by atoms with E-state index in [2.05, 4.69) is 0 Å². The summed E-state index contributed by atoms with van der Waals surface area (Å²) in [5.74, 6) is -3.81. The van der Waals surface area contributed by atoms with Gasteiger partial charge in [-0.25, -0.2) is 8.78 Å². The smallest absolute Gasteiger partial charge is 0.299 e. The molecule has 0 saturated carbocycles. The van der Waals surface area contributed by atoms with Crippen LogP contribution >= 0.6 is 0 Å². The number of amides is 1. The van der Waals surface area contributed by atoms with Gasteiger partial charge in [-0.05, 0) is 13.0 Å². The summed E-state index contributed by atoms with van der Waals surface area (Å²) in [6, 6.07) is 1.42. The molecule has 1 aliphatic heterocycles. The number of fused-ring (bicyclic) bond motifs is 1. The summed E-state index contributed by atoms with van der Waals surface area (Å²) in [5, 5.41) is 9.19. The normalized spacial score (nSPS) is 16.4. The zero-order valence-electron chi connectivity index (χ0n) is 8.91. The summed E-state index contributed by atoms with van der Waals surface area (Å²) < 4.78 is 26.5. The predicted molar refractivity (Wildman–Crippen MR) is 54.7 cm³/mol. The zero-order valence-corrected chi connectivity index (χ0v) is 8.91. The van der Waals surface area contributed by atoms with Crippen LogP contribution in [-0.4, -0.2) is 29.4 Å². The van der Waals surface area contributed by atoms with Crippen molar-refractivity contribution in [3.63, 3.8) is 0 Å². The summed E-state index contributed by atoms with van der Waals surface area (Å²) in [7, 11) is 0. The van der Waals surface area contributed by atoms with Crippen LogP contribution in [0.3, 0.4) is 0 Å². The minimum absolute atomic E-state index is 0.208. The minimum atomic E-state index is -0.986. The highest BCUT2D eigenvalue weighted by Crippen LogP contribution is 2.32. The Morgan fingerprint density at radius 2 is 2.00 bits per heavy atom. The lowest BCUT2D eigenvalue weighted by Crippen LogP contribution is -2.35. The summed E-state index contributed by atoms with van der Waals surface area (Å²) in [4.78, 5) is 23.9. The number of ketones is 1. The van der Waals surface area contributed by atoms with Gasteiger partial charge in [0, 0.05) is 6.07 Å². The molecule has 0 spiro atoms. The topological polar surface area (TPSA) is 57.6 Å². The standard InChI is InChI=1S/C11H9F2NO3/c1-5(15)4-14-9-7(10(16)11(14)17)2-6(12)3-8(9)13/h2-3,5,15H,4H2,1H3. The highest BCUT2D eigenvalue weighted by atomic mass is 19.1. The van der Waals surface area contributed by atoms with Gasteiger partial charge in [-0.15, -0.1) is 0 Å². The van der Waals surface area contributed by atoms with Gasteiger partial charge < -0.3 is 5.11 Å². The summed E-state index contributed by atoms with van der Waals surface area (Å²) in [6.45, 7) is 1.19. The fourth-order valence-electron chi connectivity index (χ4n) is 1.79. The molecule has 1 heterocycles. The molecule has 1 aromatic carbocycles. The minimum Gasteiger partial charge on any atom is -0.392 e. The van der Waals surface area contributed by atoms with Gasteiger partial charge in [0.15, 0.2) is 5.82 Å². The summed E-state index contributed by atoms with van der Waals surface area (Å²) in [6.07, 6.45) is -0.915. The average Bonchev–Trinajstić information content (AvgIpc) is 2.43. The van der Waals surface area contributed by atoms with Crippen molar-refractivity contribution in [3.8, 4) is 0 Å². The number of nitrogens with zero attached hydrogens (tertiary/aromatic N) is 1. The largest absolute Gasteiger partial charge is 0.392 e. The molecule has 0 fully saturated rings. The molecule has 1 aliphatic rings. The number of carbonyl (C=O) groups excluding carboxylic acids is 2. The maximum Gasteiger partial charge on any atom is 0.299 e. The summed E-state index contributed by atoms with van der Waals surface area (Å²) in [5.41, 5.74) is -0.560. The Balaban J connectivity index is 2.56. The number of Topliss-reactive ketones (excluding diaryl/α,β-unsaturated/α-hetero) is 1. The van der Waals surface area contributed by atoms with Crippen LogP contribution in [0.2, 0.25) is 0 Å². The lowest BCUT2D eigenvalue weighted by molar-refractivity contribution is -0.114. The maximum atomic E-state index is 13.5. The van der Waals surface area contributed by atoms with Crippen LogP contribution in [0.4, 0.5) is 14.5 Å². The SMILES string of the molecule is CC(O)CN1C(=O)C(=O)c2cc(F)cc(F)c21. The Labute approximate surface area is 95.5 Å². The van der Waals surface area contributed by atoms with Gasteiger partial charge in [0.25, 0.3) is 11.7 Å². The molecule has 2 rings (SSSR count). The van der Waals surface area contributed by atoms with Crippen LogP contribution in [0.15, 0.2) is 12.1 Å². The molecule has 1 unspecified atom stereocenters. The van der Waals surface area contributed by atoms with E-state index in [-0.39, 0.29) is 17.8 Å². The fraction of sp³-hybridized carbons (Fsp3) is 0.273. The fourth-order valence-corrected chi connectivity index (χ4v) is 1.79. The first-order chi connectivity index (χ1) is 7.91. The molecule has 1 atom stereocenters. The van der Waals surface area contributed by atoms with Crippen LogP contribution in [0, 0.1) is 11.6 Å². The van der Waals surface area contributed by atoms with Gasteiger partial charge in [-0.1, -0.05) is 0 Å². The van der Waals surface area contributed by atoms with Gasteiger partial charge in [-0.3, -0.25) is 14.5 Å². The van der Waals surface area contributed by atoms with Crippen LogP contribution < -0.4 is 4.90 Å². The first kappa shape index (κ1) is 11.7. The quantitative estimate of drug-likeness (QED) is 0.782. The molecule has 0 aliphatic carbocycles. The number of aliphatic hydroxyl groups excluding tert-OH is 1. The highest BCUT2D eigenvalue weighted by Gasteiger charge is 2.38. The van der Waals surface area contributed by atoms with Crippen molar-refractivity contribution in [2.75, 3.05) is 11.4 Å². The third kappa shape index (κ3) is 1.80. The van der Waals surface area contributed by atoms with Crippen LogP contribution in [-0.2, 0) is 4.79 Å². The number of benzene rings is 1. The van der Waals surface area contributed by atoms with E-state index in [9.17, 15) is 23.5 Å². The Hall–Kier alpha value is -1.82. The predicted octanol–water partition coefficient (Wildman–Crippen LogP) is 0.875. The van der Waals surface area contributed by atoms with E-state index in [0.29, 0.717) is 6.07 Å². The van der Waals surface area contributed by atoms with Crippen LogP contribution in [0.5, 0.6) is 0 Å². The van der Waals surface area contributed by atoms with Crippen molar-refractivity contribution in [2.24, 2.45) is 0 Å². The molecule has 0 aromatic heterocycles. The van der Waals surface area contributed by atoms with E-state index in [4.69, 9.17) is 0 Å². The lowest BCUT2D eigenvalue weighted by Gasteiger charge is -2.18. The lowest BCUT2D eigenvalue weighted by atomic mass is 10.1. The van der Waals surface area contributed by atoms with E-state index in [1.54, 1.807) is 0 Å². The van der Waals surface area contributed by atoms with Crippen molar-refractivity contribution < 1.29 is 23.5 Å². The molecule has 17 heavy (non-hydrogen) atoms. The molecular formula is C11H9F2NO3. The second-order valence-corrected chi connectivity index (χ2v) is 3.88. The molecular weight excluding hydrogens is 232 g/mol. The Kier molecular flexibility index (Phi) is 2.66. The zero-order chi connectivity index (χ0) is 12.7. The number of rotatable bonds is 2. The second kappa shape index (κ2) is 3.89. The molecule has 6 heteroatoms. The van der Waals surface area contributed by atoms with Crippen molar-refractivity contribution >= 4 is 17.4 Å². The first-order valence-electron chi connectivity index (χ1n) is 4.95. The van der Waals surface area contributed by atoms with E-state index >= 15 is 0 Å². The summed E-state index contributed by atoms with van der Waals surface area (Å²) >= 11 is 0. The van der Waals surface area contributed by atoms with Crippen LogP contribution in [0.1, 0.15) is 17.3 Å². The van der Waals surface area contributed by atoms with Gasteiger partial charge in [-0.2, -0.15) is 0 Å². The molecule has 1 N–H and O–H groups in total. The highest BCUT2D eigenvalue weighted by molar-refractivity contribution is 6.52. The number of carbonyl (C=O) groups is 2. The molecule has 90 valence electrons. The first-order valence-corrected chi connectivity index (χ1v) is 4.95. The average molecular weight is 241 g/mol. The molecule has 4 nitrogen and oxygen atoms in total. The number of halogens is 2. The van der Waals surface area contributed by atoms with Crippen molar-refractivity contribution in [1.82, 2.24) is 0 Å². The third-order valence-corrected chi connectivity index (χ3v) is 2.43. The van der Waals surface area contributed by atoms with Crippen molar-refractivity contribution in [3.05, 3.63) is 29.3 Å².